The fourth-order valence-electron chi connectivity index (χ4n) is 3.12. The predicted molar refractivity (Wildman–Crippen MR) is 93.7 cm³/mol. The molecular formula is C17H36N2S. The summed E-state index contributed by atoms with van der Waals surface area (Å²) in [6.07, 6.45) is 3.92. The third kappa shape index (κ3) is 5.57. The number of piperazine rings is 1. The zero-order valence-electron chi connectivity index (χ0n) is 14.3. The van der Waals surface area contributed by atoms with E-state index in [0.29, 0.717) is 6.04 Å². The van der Waals surface area contributed by atoms with Crippen molar-refractivity contribution in [1.82, 2.24) is 10.2 Å². The van der Waals surface area contributed by atoms with Crippen LogP contribution in [0.1, 0.15) is 53.9 Å². The van der Waals surface area contributed by atoms with E-state index in [9.17, 15) is 0 Å². The van der Waals surface area contributed by atoms with Crippen LogP contribution in [0.5, 0.6) is 0 Å². The van der Waals surface area contributed by atoms with Crippen molar-refractivity contribution in [3.05, 3.63) is 0 Å². The number of rotatable bonds is 9. The molecule has 20 heavy (non-hydrogen) atoms. The molecule has 4 atom stereocenters. The Labute approximate surface area is 131 Å². The molecule has 0 aromatic rings. The van der Waals surface area contributed by atoms with E-state index in [1.807, 2.05) is 0 Å². The highest BCUT2D eigenvalue weighted by molar-refractivity contribution is 7.99. The minimum absolute atomic E-state index is 0.694. The largest absolute Gasteiger partial charge is 0.311 e. The Hall–Kier alpha value is 0.270. The minimum atomic E-state index is 0.694. The maximum absolute atomic E-state index is 3.82. The summed E-state index contributed by atoms with van der Waals surface area (Å²) in [7, 11) is 0. The van der Waals surface area contributed by atoms with Crippen LogP contribution in [0.15, 0.2) is 0 Å². The molecule has 1 aliphatic rings. The van der Waals surface area contributed by atoms with Gasteiger partial charge in [0, 0.05) is 25.2 Å². The first-order chi connectivity index (χ1) is 9.63. The van der Waals surface area contributed by atoms with E-state index in [1.54, 1.807) is 0 Å². The average molecular weight is 301 g/mol. The predicted octanol–water partition coefficient (Wildman–Crippen LogP) is 3.86. The number of nitrogens with zero attached hydrogens (tertiary/aromatic N) is 1. The summed E-state index contributed by atoms with van der Waals surface area (Å²) in [6.45, 7) is 15.4. The van der Waals surface area contributed by atoms with Crippen LogP contribution in [0.25, 0.3) is 0 Å². The van der Waals surface area contributed by atoms with E-state index in [2.05, 4.69) is 56.6 Å². The molecule has 0 radical (unpaired) electrons. The molecule has 1 fully saturated rings. The van der Waals surface area contributed by atoms with Crippen molar-refractivity contribution in [3.63, 3.8) is 0 Å². The maximum atomic E-state index is 3.82. The molecule has 4 unspecified atom stereocenters. The van der Waals surface area contributed by atoms with Crippen molar-refractivity contribution in [1.29, 1.82) is 0 Å². The SMILES string of the molecule is CCSCCCN1CC(C(C)CC)NCC1C(C)CC. The monoisotopic (exact) mass is 300 g/mol. The third-order valence-corrected chi connectivity index (χ3v) is 6.04. The fraction of sp³-hybridized carbons (Fsp3) is 1.00. The molecule has 1 heterocycles. The number of hydrogen-bond donors (Lipinski definition) is 1. The Morgan fingerprint density at radius 1 is 1.15 bits per heavy atom. The summed E-state index contributed by atoms with van der Waals surface area (Å²) in [5, 5.41) is 3.82. The van der Waals surface area contributed by atoms with Crippen LogP contribution in [0.3, 0.4) is 0 Å². The second-order valence-electron chi connectivity index (χ2n) is 6.40. The van der Waals surface area contributed by atoms with E-state index in [0.717, 1.165) is 17.9 Å². The van der Waals surface area contributed by atoms with Crippen LogP contribution in [-0.4, -0.2) is 48.1 Å². The topological polar surface area (TPSA) is 15.3 Å². The average Bonchev–Trinajstić information content (AvgIpc) is 2.49. The normalized spacial score (nSPS) is 27.4. The van der Waals surface area contributed by atoms with Gasteiger partial charge in [0.1, 0.15) is 0 Å². The minimum Gasteiger partial charge on any atom is -0.311 e. The van der Waals surface area contributed by atoms with Crippen molar-refractivity contribution in [2.75, 3.05) is 31.1 Å². The molecule has 0 aromatic heterocycles. The van der Waals surface area contributed by atoms with Crippen LogP contribution in [0.4, 0.5) is 0 Å². The Kier molecular flexibility index (Phi) is 9.23. The van der Waals surface area contributed by atoms with Crippen molar-refractivity contribution >= 4 is 11.8 Å². The van der Waals surface area contributed by atoms with E-state index in [4.69, 9.17) is 0 Å². The summed E-state index contributed by atoms with van der Waals surface area (Å²) in [5.41, 5.74) is 0. The lowest BCUT2D eigenvalue weighted by atomic mass is 9.90. The molecule has 0 amide bonds. The van der Waals surface area contributed by atoms with Crippen LogP contribution >= 0.6 is 11.8 Å². The number of thioether (sulfide) groups is 1. The third-order valence-electron chi connectivity index (χ3n) is 5.06. The first kappa shape index (κ1) is 18.3. The van der Waals surface area contributed by atoms with Gasteiger partial charge in [-0.3, -0.25) is 4.90 Å². The maximum Gasteiger partial charge on any atom is 0.0246 e. The number of hydrogen-bond acceptors (Lipinski definition) is 3. The smallest absolute Gasteiger partial charge is 0.0246 e. The lowest BCUT2D eigenvalue weighted by Gasteiger charge is -2.44. The Morgan fingerprint density at radius 2 is 1.85 bits per heavy atom. The van der Waals surface area contributed by atoms with Gasteiger partial charge >= 0.3 is 0 Å². The van der Waals surface area contributed by atoms with Gasteiger partial charge in [0.2, 0.25) is 0 Å². The quantitative estimate of drug-likeness (QED) is 0.651. The summed E-state index contributed by atoms with van der Waals surface area (Å²) in [6, 6.07) is 1.44. The van der Waals surface area contributed by atoms with E-state index in [-0.39, 0.29) is 0 Å². The van der Waals surface area contributed by atoms with Crippen LogP contribution < -0.4 is 5.32 Å². The molecule has 0 aromatic carbocycles. The van der Waals surface area contributed by atoms with Gasteiger partial charge in [-0.2, -0.15) is 11.8 Å². The van der Waals surface area contributed by atoms with Crippen LogP contribution in [0.2, 0.25) is 0 Å². The fourth-order valence-corrected chi connectivity index (χ4v) is 3.75. The van der Waals surface area contributed by atoms with Gasteiger partial charge in [-0.15, -0.1) is 0 Å². The van der Waals surface area contributed by atoms with Gasteiger partial charge in [-0.1, -0.05) is 47.5 Å². The molecule has 1 saturated heterocycles. The first-order valence-corrected chi connectivity index (χ1v) is 9.84. The van der Waals surface area contributed by atoms with Crippen molar-refractivity contribution < 1.29 is 0 Å². The molecule has 0 aliphatic carbocycles. The molecule has 0 saturated carbocycles. The van der Waals surface area contributed by atoms with E-state index >= 15 is 0 Å². The molecule has 2 nitrogen and oxygen atoms in total. The highest BCUT2D eigenvalue weighted by Gasteiger charge is 2.31. The summed E-state index contributed by atoms with van der Waals surface area (Å²) in [4.78, 5) is 2.79. The van der Waals surface area contributed by atoms with Gasteiger partial charge in [-0.05, 0) is 36.3 Å². The highest BCUT2D eigenvalue weighted by atomic mass is 32.2. The number of nitrogens with one attached hydrogen (secondary N) is 1. The van der Waals surface area contributed by atoms with Crippen LogP contribution in [-0.2, 0) is 0 Å². The second-order valence-corrected chi connectivity index (χ2v) is 7.79. The van der Waals surface area contributed by atoms with Crippen LogP contribution in [0, 0.1) is 11.8 Å². The van der Waals surface area contributed by atoms with E-state index in [1.165, 1.54) is 50.4 Å². The van der Waals surface area contributed by atoms with Crippen molar-refractivity contribution in [2.24, 2.45) is 11.8 Å². The lowest BCUT2D eigenvalue weighted by Crippen LogP contribution is -2.60. The second kappa shape index (κ2) is 10.1. The molecule has 1 aliphatic heterocycles. The standard InChI is InChI=1S/C17H36N2S/c1-6-14(4)16-13-19(10-9-11-20-8-3)17(12-18-16)15(5)7-2/h14-18H,6-13H2,1-5H3. The summed E-state index contributed by atoms with van der Waals surface area (Å²) >= 11 is 2.08. The van der Waals surface area contributed by atoms with E-state index < -0.39 is 0 Å². The first-order valence-electron chi connectivity index (χ1n) is 8.69. The zero-order chi connectivity index (χ0) is 15.0. The molecule has 120 valence electrons. The molecule has 1 rings (SSSR count). The molecule has 1 N–H and O–H groups in total. The summed E-state index contributed by atoms with van der Waals surface area (Å²) < 4.78 is 0. The molecule has 0 bridgehead atoms. The van der Waals surface area contributed by atoms with Gasteiger partial charge in [-0.25, -0.2) is 0 Å². The van der Waals surface area contributed by atoms with Gasteiger partial charge in [0.15, 0.2) is 0 Å². The Bertz CT molecular complexity index is 247. The lowest BCUT2D eigenvalue weighted by molar-refractivity contribution is 0.0764. The zero-order valence-corrected chi connectivity index (χ0v) is 15.1. The van der Waals surface area contributed by atoms with Crippen molar-refractivity contribution in [2.45, 2.75) is 66.0 Å². The molecule has 3 heteroatoms. The molecule has 0 spiro atoms. The van der Waals surface area contributed by atoms with Gasteiger partial charge in [0.05, 0.1) is 0 Å². The Morgan fingerprint density at radius 3 is 2.45 bits per heavy atom. The molecular weight excluding hydrogens is 264 g/mol. The van der Waals surface area contributed by atoms with Crippen molar-refractivity contribution in [3.8, 4) is 0 Å². The summed E-state index contributed by atoms with van der Waals surface area (Å²) in [5.74, 6) is 4.17. The van der Waals surface area contributed by atoms with Gasteiger partial charge in [0.25, 0.3) is 0 Å². The Balaban J connectivity index is 2.53. The highest BCUT2D eigenvalue weighted by Crippen LogP contribution is 2.22. The van der Waals surface area contributed by atoms with Gasteiger partial charge < -0.3 is 5.32 Å².